The Labute approximate surface area is 237 Å². The van der Waals surface area contributed by atoms with Crippen molar-refractivity contribution >= 4 is 46.4 Å². The van der Waals surface area contributed by atoms with Crippen molar-refractivity contribution in [2.45, 2.75) is 38.6 Å². The van der Waals surface area contributed by atoms with Gasteiger partial charge in [-0.05, 0) is 61.8 Å². The predicted octanol–water partition coefficient (Wildman–Crippen LogP) is -0.187. The molecule has 1 saturated heterocycles. The fourth-order valence-electron chi connectivity index (χ4n) is 4.75. The van der Waals surface area contributed by atoms with E-state index in [1.165, 1.54) is 43.7 Å². The summed E-state index contributed by atoms with van der Waals surface area (Å²) < 4.78 is 0. The van der Waals surface area contributed by atoms with Crippen LogP contribution in [0.25, 0.3) is 0 Å². The van der Waals surface area contributed by atoms with Gasteiger partial charge in [0.15, 0.2) is 5.78 Å². The number of hydrogen-bond acceptors (Lipinski definition) is 9. The molecule has 2 aromatic rings. The van der Waals surface area contributed by atoms with Crippen molar-refractivity contribution in [1.82, 2.24) is 15.5 Å². The number of nitrogen functional groups attached to an aromatic ring is 1. The summed E-state index contributed by atoms with van der Waals surface area (Å²) in [7, 11) is 0. The lowest BCUT2D eigenvalue weighted by Gasteiger charge is -2.26. The van der Waals surface area contributed by atoms with Crippen LogP contribution in [0, 0.1) is 0 Å². The van der Waals surface area contributed by atoms with Crippen LogP contribution in [0.3, 0.4) is 0 Å². The molecule has 2 aromatic carbocycles. The van der Waals surface area contributed by atoms with E-state index >= 15 is 0 Å². The zero-order chi connectivity index (χ0) is 29.4. The Bertz CT molecular complexity index is 1340. The molecule has 12 heteroatoms. The van der Waals surface area contributed by atoms with Crippen molar-refractivity contribution in [1.29, 1.82) is 0 Å². The number of carbonyl (C=O) groups is 6. The lowest BCUT2D eigenvalue weighted by molar-refractivity contribution is -0.635. The SMILES string of the molecule is CC(=O)C([NH2+]Nc1ccc2c(c1)C(=O)NC2=O)C(=O)Nc1ccc(CC(=O)C(=O)CNCCN2CCCCC2)cc1. The molecule has 2 aliphatic heterocycles. The first-order valence-electron chi connectivity index (χ1n) is 13.7. The van der Waals surface area contributed by atoms with Gasteiger partial charge in [0, 0.05) is 32.1 Å². The molecule has 12 nitrogen and oxygen atoms in total. The number of likely N-dealkylation sites (tertiary alicyclic amines) is 1. The lowest BCUT2D eigenvalue weighted by atomic mass is 10.1. The smallest absolute Gasteiger partial charge is 0.292 e. The minimum atomic E-state index is -1.14. The number of amides is 3. The van der Waals surface area contributed by atoms with E-state index in [1.807, 2.05) is 0 Å². The Morgan fingerprint density at radius 3 is 2.29 bits per heavy atom. The monoisotopic (exact) mass is 563 g/mol. The van der Waals surface area contributed by atoms with Crippen LogP contribution in [0.4, 0.5) is 11.4 Å². The average Bonchev–Trinajstić information content (AvgIpc) is 3.24. The van der Waals surface area contributed by atoms with Crippen molar-refractivity contribution in [2.24, 2.45) is 0 Å². The van der Waals surface area contributed by atoms with Crippen LogP contribution in [0.2, 0.25) is 0 Å². The standard InChI is InChI=1S/C29H34N6O6/c1-18(36)26(34-33-21-9-10-22-23(16-21)28(40)32-27(22)39)29(41)31-20-7-5-19(6-8-20)15-24(37)25(38)17-30-11-14-35-12-3-2-4-13-35/h5-10,16,26,30,33-34H,2-4,11-15,17H2,1H3,(H,31,41)(H,32,39,40)/p+1. The molecule has 0 aromatic heterocycles. The zero-order valence-corrected chi connectivity index (χ0v) is 23.0. The molecular formula is C29H35N6O6+. The number of ketones is 3. The molecule has 4 rings (SSSR count). The van der Waals surface area contributed by atoms with Gasteiger partial charge in [0.2, 0.25) is 17.6 Å². The summed E-state index contributed by atoms with van der Waals surface area (Å²) in [5.41, 5.74) is 6.13. The van der Waals surface area contributed by atoms with Crippen LogP contribution in [0.1, 0.15) is 52.5 Å². The number of quaternary nitrogens is 1. The molecule has 1 unspecified atom stereocenters. The average molecular weight is 564 g/mol. The van der Waals surface area contributed by atoms with Crippen LogP contribution in [-0.4, -0.2) is 78.7 Å². The van der Waals surface area contributed by atoms with E-state index in [1.54, 1.807) is 30.3 Å². The minimum absolute atomic E-state index is 0.00849. The summed E-state index contributed by atoms with van der Waals surface area (Å²) in [6, 6.07) is 9.88. The van der Waals surface area contributed by atoms with E-state index in [0.29, 0.717) is 23.5 Å². The highest BCUT2D eigenvalue weighted by atomic mass is 16.2. The van der Waals surface area contributed by atoms with Gasteiger partial charge in [0.1, 0.15) is 0 Å². The molecule has 0 aliphatic carbocycles. The number of nitrogens with two attached hydrogens (primary N) is 1. The molecule has 6 N–H and O–H groups in total. The third-order valence-electron chi connectivity index (χ3n) is 7.11. The summed E-state index contributed by atoms with van der Waals surface area (Å²) >= 11 is 0. The normalized spacial score (nSPS) is 15.5. The maximum atomic E-state index is 12.8. The Morgan fingerprint density at radius 1 is 0.902 bits per heavy atom. The predicted molar refractivity (Wildman–Crippen MR) is 150 cm³/mol. The Morgan fingerprint density at radius 2 is 1.59 bits per heavy atom. The van der Waals surface area contributed by atoms with Crippen LogP contribution < -0.4 is 26.8 Å². The number of fused-ring (bicyclic) bond motifs is 1. The van der Waals surface area contributed by atoms with Gasteiger partial charge < -0.3 is 15.5 Å². The molecule has 0 spiro atoms. The zero-order valence-electron chi connectivity index (χ0n) is 23.0. The number of anilines is 2. The van der Waals surface area contributed by atoms with Gasteiger partial charge >= 0.3 is 0 Å². The highest BCUT2D eigenvalue weighted by Crippen LogP contribution is 2.19. The summed E-state index contributed by atoms with van der Waals surface area (Å²) in [6.45, 7) is 4.97. The first-order valence-corrected chi connectivity index (χ1v) is 13.7. The second-order valence-corrected chi connectivity index (χ2v) is 10.2. The van der Waals surface area contributed by atoms with Crippen LogP contribution in [-0.2, 0) is 25.6 Å². The molecule has 41 heavy (non-hydrogen) atoms. The largest absolute Gasteiger partial charge is 0.320 e. The third-order valence-corrected chi connectivity index (χ3v) is 7.11. The number of imide groups is 1. The number of piperidine rings is 1. The topological polar surface area (TPSA) is 170 Å². The second kappa shape index (κ2) is 13.9. The van der Waals surface area contributed by atoms with E-state index in [-0.39, 0.29) is 24.1 Å². The van der Waals surface area contributed by atoms with E-state index in [2.05, 4.69) is 26.3 Å². The molecule has 2 heterocycles. The highest BCUT2D eigenvalue weighted by Gasteiger charge is 2.29. The number of rotatable bonds is 14. The highest BCUT2D eigenvalue weighted by molar-refractivity contribution is 6.38. The van der Waals surface area contributed by atoms with Crippen molar-refractivity contribution < 1.29 is 34.2 Å². The van der Waals surface area contributed by atoms with Gasteiger partial charge in [-0.15, -0.1) is 0 Å². The number of nitrogens with one attached hydrogen (secondary N) is 4. The molecule has 1 atom stereocenters. The van der Waals surface area contributed by atoms with E-state index < -0.39 is 41.1 Å². The summed E-state index contributed by atoms with van der Waals surface area (Å²) in [5, 5.41) is 7.94. The number of benzene rings is 2. The molecule has 0 saturated carbocycles. The Balaban J connectivity index is 1.23. The van der Waals surface area contributed by atoms with Gasteiger partial charge in [-0.3, -0.25) is 34.1 Å². The van der Waals surface area contributed by atoms with Gasteiger partial charge in [-0.25, -0.2) is 10.9 Å². The molecule has 1 fully saturated rings. The Kier molecular flexibility index (Phi) is 10.1. The van der Waals surface area contributed by atoms with Crippen molar-refractivity contribution in [3.05, 3.63) is 59.2 Å². The van der Waals surface area contributed by atoms with E-state index in [0.717, 1.165) is 19.6 Å². The van der Waals surface area contributed by atoms with Crippen molar-refractivity contribution in [3.63, 3.8) is 0 Å². The summed E-state index contributed by atoms with van der Waals surface area (Å²) in [5.74, 6) is -2.92. The summed E-state index contributed by atoms with van der Waals surface area (Å²) in [4.78, 5) is 75.5. The fourth-order valence-corrected chi connectivity index (χ4v) is 4.75. The molecular weight excluding hydrogens is 528 g/mol. The van der Waals surface area contributed by atoms with Gasteiger partial charge in [0.25, 0.3) is 17.7 Å². The third kappa shape index (κ3) is 8.13. The quantitative estimate of drug-likeness (QED) is 0.0522. The number of nitrogens with zero attached hydrogens (tertiary/aromatic N) is 1. The Hall–Kier alpha value is -4.26. The van der Waals surface area contributed by atoms with Gasteiger partial charge in [-0.1, -0.05) is 18.6 Å². The number of hydrogen-bond donors (Lipinski definition) is 5. The maximum absolute atomic E-state index is 12.8. The van der Waals surface area contributed by atoms with Gasteiger partial charge in [0.05, 0.1) is 23.4 Å². The first kappa shape index (κ1) is 29.7. The van der Waals surface area contributed by atoms with Crippen LogP contribution >= 0.6 is 0 Å². The van der Waals surface area contributed by atoms with Crippen LogP contribution in [0.15, 0.2) is 42.5 Å². The molecule has 0 radical (unpaired) electrons. The number of Topliss-reactive ketones (excluding diaryl/α,β-unsaturated/α-hetero) is 3. The van der Waals surface area contributed by atoms with Crippen LogP contribution in [0.5, 0.6) is 0 Å². The number of carbonyl (C=O) groups excluding carboxylic acids is 6. The van der Waals surface area contributed by atoms with E-state index in [9.17, 15) is 28.8 Å². The molecule has 216 valence electrons. The fraction of sp³-hybridized carbons (Fsp3) is 0.379. The first-order chi connectivity index (χ1) is 19.7. The maximum Gasteiger partial charge on any atom is 0.292 e. The van der Waals surface area contributed by atoms with Gasteiger partial charge in [-0.2, -0.15) is 0 Å². The lowest BCUT2D eigenvalue weighted by Crippen LogP contribution is -2.97. The summed E-state index contributed by atoms with van der Waals surface area (Å²) in [6.07, 6.45) is 3.63. The molecule has 3 amide bonds. The minimum Gasteiger partial charge on any atom is -0.320 e. The molecule has 0 bridgehead atoms. The molecule has 2 aliphatic rings. The van der Waals surface area contributed by atoms with E-state index in [4.69, 9.17) is 0 Å². The second-order valence-electron chi connectivity index (χ2n) is 10.2. The van der Waals surface area contributed by atoms with Crippen molar-refractivity contribution in [3.8, 4) is 0 Å². The van der Waals surface area contributed by atoms with Crippen molar-refractivity contribution in [2.75, 3.05) is 43.5 Å².